The van der Waals surface area contributed by atoms with Gasteiger partial charge < -0.3 is 13.3 Å². The van der Waals surface area contributed by atoms with Crippen molar-refractivity contribution in [1.82, 2.24) is 0 Å². The Labute approximate surface area is 337 Å². The fraction of sp³-hybridized carbons (Fsp3) is 0. The maximum atomic E-state index is 6.77. The third-order valence-corrected chi connectivity index (χ3v) is 12.2. The quantitative estimate of drug-likeness (QED) is 0.168. The molecule has 0 unspecified atom stereocenters. The van der Waals surface area contributed by atoms with Crippen LogP contribution in [0.25, 0.3) is 132 Å². The summed E-state index contributed by atoms with van der Waals surface area (Å²) in [5, 5.41) is 12.5. The minimum Gasteiger partial charge on any atom is -0.456 e. The van der Waals surface area contributed by atoms with Gasteiger partial charge in [0.05, 0.1) is 0 Å². The van der Waals surface area contributed by atoms with Gasteiger partial charge in [0.1, 0.15) is 33.7 Å². The van der Waals surface area contributed by atoms with Gasteiger partial charge in [-0.1, -0.05) is 152 Å². The third-order valence-electron chi connectivity index (χ3n) is 12.2. The van der Waals surface area contributed by atoms with Crippen LogP contribution >= 0.6 is 0 Å². The summed E-state index contributed by atoms with van der Waals surface area (Å²) in [6.07, 6.45) is 0. The molecule has 13 aromatic rings. The molecule has 274 valence electrons. The Morgan fingerprint density at radius 2 is 0.729 bits per heavy atom. The van der Waals surface area contributed by atoms with Crippen LogP contribution in [0.3, 0.4) is 0 Å². The Kier molecular flexibility index (Phi) is 6.72. The van der Waals surface area contributed by atoms with Gasteiger partial charge in [-0.3, -0.25) is 0 Å². The lowest BCUT2D eigenvalue weighted by Crippen LogP contribution is -1.90. The average Bonchev–Trinajstić information content (AvgIpc) is 3.98. The number of hydrogen-bond acceptors (Lipinski definition) is 3. The summed E-state index contributed by atoms with van der Waals surface area (Å²) in [6.45, 7) is 0. The van der Waals surface area contributed by atoms with Gasteiger partial charge in [0.15, 0.2) is 0 Å². The van der Waals surface area contributed by atoms with Crippen LogP contribution in [-0.2, 0) is 0 Å². The van der Waals surface area contributed by atoms with E-state index in [0.29, 0.717) is 0 Å². The predicted molar refractivity (Wildman–Crippen MR) is 245 cm³/mol. The van der Waals surface area contributed by atoms with E-state index in [1.165, 1.54) is 38.1 Å². The highest BCUT2D eigenvalue weighted by Gasteiger charge is 2.22. The molecule has 0 aliphatic carbocycles. The number of hydrogen-bond donors (Lipinski definition) is 0. The van der Waals surface area contributed by atoms with Crippen LogP contribution in [0, 0.1) is 0 Å². The Hall–Kier alpha value is -7.88. The van der Waals surface area contributed by atoms with Crippen LogP contribution in [0.4, 0.5) is 0 Å². The highest BCUT2D eigenvalue weighted by Crippen LogP contribution is 2.48. The summed E-state index contributed by atoms with van der Waals surface area (Å²) < 4.78 is 19.9. The van der Waals surface area contributed by atoms with E-state index in [1.54, 1.807) is 0 Å². The molecule has 3 heteroatoms. The Balaban J connectivity index is 1.02. The van der Waals surface area contributed by atoms with Gasteiger partial charge in [0, 0.05) is 43.4 Å². The van der Waals surface area contributed by atoms with Crippen LogP contribution in [0.1, 0.15) is 0 Å². The molecule has 13 rings (SSSR count). The van der Waals surface area contributed by atoms with Crippen molar-refractivity contribution in [1.29, 1.82) is 0 Å². The minimum absolute atomic E-state index is 0.833. The van der Waals surface area contributed by atoms with Crippen molar-refractivity contribution in [2.75, 3.05) is 0 Å². The largest absolute Gasteiger partial charge is 0.456 e. The lowest BCUT2D eigenvalue weighted by molar-refractivity contribution is 0.632. The zero-order valence-electron chi connectivity index (χ0n) is 31.7. The number of rotatable bonds is 4. The SMILES string of the molecule is c1ccc(-c2oc3cc4c(cc3c2-c2ccccc2)oc2ccc(-c3c5ccccc5c(-c5ccc6oc7c8ccccc8ccc7c6c5)c5ccccc35)cc24)cc1. The van der Waals surface area contributed by atoms with E-state index in [2.05, 4.69) is 182 Å². The Morgan fingerprint density at radius 3 is 1.37 bits per heavy atom. The van der Waals surface area contributed by atoms with Gasteiger partial charge >= 0.3 is 0 Å². The zero-order chi connectivity index (χ0) is 38.6. The molecule has 0 saturated heterocycles. The molecule has 0 amide bonds. The Morgan fingerprint density at radius 1 is 0.237 bits per heavy atom. The summed E-state index contributed by atoms with van der Waals surface area (Å²) in [5.41, 5.74) is 12.3. The summed E-state index contributed by atoms with van der Waals surface area (Å²) in [5.74, 6) is 0.857. The van der Waals surface area contributed by atoms with E-state index >= 15 is 0 Å². The highest BCUT2D eigenvalue weighted by molar-refractivity contribution is 6.24. The van der Waals surface area contributed by atoms with Crippen molar-refractivity contribution in [3.8, 4) is 44.7 Å². The normalized spacial score (nSPS) is 12.1. The Bertz CT molecular complexity index is 3770. The molecular weight excluding hydrogens is 721 g/mol. The molecule has 0 bridgehead atoms. The van der Waals surface area contributed by atoms with Gasteiger partial charge in [-0.2, -0.15) is 0 Å². The van der Waals surface area contributed by atoms with E-state index in [-0.39, 0.29) is 0 Å². The average molecular weight is 753 g/mol. The minimum atomic E-state index is 0.833. The number of fused-ring (bicyclic) bond motifs is 11. The first-order valence-electron chi connectivity index (χ1n) is 20.1. The van der Waals surface area contributed by atoms with Crippen LogP contribution in [0.15, 0.2) is 207 Å². The molecule has 3 nitrogen and oxygen atoms in total. The molecule has 0 spiro atoms. The van der Waals surface area contributed by atoms with E-state index in [4.69, 9.17) is 13.3 Å². The van der Waals surface area contributed by atoms with Crippen LogP contribution < -0.4 is 0 Å². The molecular formula is C56H32O3. The molecule has 0 aliphatic heterocycles. The fourth-order valence-electron chi connectivity index (χ4n) is 9.62. The molecule has 3 heterocycles. The lowest BCUT2D eigenvalue weighted by atomic mass is 9.85. The van der Waals surface area contributed by atoms with Gasteiger partial charge in [-0.05, 0) is 97.2 Å². The molecule has 59 heavy (non-hydrogen) atoms. The van der Waals surface area contributed by atoms with Gasteiger partial charge in [0.2, 0.25) is 0 Å². The van der Waals surface area contributed by atoms with Crippen LogP contribution in [-0.4, -0.2) is 0 Å². The third kappa shape index (κ3) is 4.76. The maximum Gasteiger partial charge on any atom is 0.143 e. The van der Waals surface area contributed by atoms with Crippen LogP contribution in [0.5, 0.6) is 0 Å². The monoisotopic (exact) mass is 752 g/mol. The second kappa shape index (κ2) is 12.3. The van der Waals surface area contributed by atoms with Crippen molar-refractivity contribution in [2.24, 2.45) is 0 Å². The fourth-order valence-corrected chi connectivity index (χ4v) is 9.62. The van der Waals surface area contributed by atoms with Gasteiger partial charge in [-0.15, -0.1) is 0 Å². The summed E-state index contributed by atoms with van der Waals surface area (Å²) >= 11 is 0. The topological polar surface area (TPSA) is 39.4 Å². The molecule has 3 aromatic heterocycles. The van der Waals surface area contributed by atoms with E-state index in [0.717, 1.165) is 93.8 Å². The van der Waals surface area contributed by atoms with Crippen molar-refractivity contribution in [2.45, 2.75) is 0 Å². The van der Waals surface area contributed by atoms with Crippen molar-refractivity contribution in [3.05, 3.63) is 194 Å². The first-order chi connectivity index (χ1) is 29.2. The zero-order valence-corrected chi connectivity index (χ0v) is 31.7. The second-order valence-corrected chi connectivity index (χ2v) is 15.5. The summed E-state index contributed by atoms with van der Waals surface area (Å²) in [7, 11) is 0. The standard InChI is InChI=1S/C56H32O3/c1-3-14-34(15-4-1)54-47-32-50-46(31-51(47)59-55(54)35-16-5-2-6-17-35)45-30-37(24-27-48(45)57-50)53-41-21-11-9-19-39(41)52(40-20-10-12-22-42(40)53)36-25-28-49-44(29-36)43-26-23-33-13-7-8-18-38(33)56(43)58-49/h1-32H. The molecule has 10 aromatic carbocycles. The summed E-state index contributed by atoms with van der Waals surface area (Å²) in [4.78, 5) is 0. The van der Waals surface area contributed by atoms with Crippen molar-refractivity contribution >= 4 is 87.2 Å². The first kappa shape index (κ1) is 32.2. The molecule has 0 saturated carbocycles. The van der Waals surface area contributed by atoms with Crippen LogP contribution in [0.2, 0.25) is 0 Å². The molecule has 0 radical (unpaired) electrons. The van der Waals surface area contributed by atoms with E-state index < -0.39 is 0 Å². The van der Waals surface area contributed by atoms with Crippen molar-refractivity contribution in [3.63, 3.8) is 0 Å². The van der Waals surface area contributed by atoms with Crippen molar-refractivity contribution < 1.29 is 13.3 Å². The number of benzene rings is 10. The molecule has 0 fully saturated rings. The van der Waals surface area contributed by atoms with E-state index in [9.17, 15) is 0 Å². The molecule has 0 atom stereocenters. The van der Waals surface area contributed by atoms with E-state index in [1.807, 2.05) is 12.1 Å². The maximum absolute atomic E-state index is 6.77. The first-order valence-corrected chi connectivity index (χ1v) is 20.1. The number of furan rings is 3. The second-order valence-electron chi connectivity index (χ2n) is 15.5. The highest BCUT2D eigenvalue weighted by atomic mass is 16.3. The molecule has 0 N–H and O–H groups in total. The molecule has 0 aliphatic rings. The summed E-state index contributed by atoms with van der Waals surface area (Å²) in [6, 6.07) is 68.9. The predicted octanol–water partition coefficient (Wildman–Crippen LogP) is 16.4. The smallest absolute Gasteiger partial charge is 0.143 e. The van der Waals surface area contributed by atoms with Gasteiger partial charge in [0.25, 0.3) is 0 Å². The lowest BCUT2D eigenvalue weighted by Gasteiger charge is -2.17. The van der Waals surface area contributed by atoms with Gasteiger partial charge in [-0.25, -0.2) is 0 Å².